The number of hydrogen-bond donors (Lipinski definition) is 2. The Morgan fingerprint density at radius 2 is 1.80 bits per heavy atom. The largest absolute Gasteiger partial charge is 0.493 e. The van der Waals surface area contributed by atoms with E-state index in [0.29, 0.717) is 17.8 Å². The Bertz CT molecular complexity index is 1270. The van der Waals surface area contributed by atoms with Crippen molar-refractivity contribution in [3.05, 3.63) is 94.0 Å². The van der Waals surface area contributed by atoms with E-state index in [2.05, 4.69) is 10.6 Å². The van der Waals surface area contributed by atoms with Crippen molar-refractivity contribution in [2.45, 2.75) is 13.5 Å². The van der Waals surface area contributed by atoms with Gasteiger partial charge in [0.1, 0.15) is 11.6 Å². The maximum absolute atomic E-state index is 12.5. The number of benzene rings is 3. The average Bonchev–Trinajstić information content (AvgIpc) is 2.86. The van der Waals surface area contributed by atoms with Gasteiger partial charge in [-0.05, 0) is 48.4 Å². The molecule has 3 aromatic carbocycles. The molecular weight excluding hydrogens is 466 g/mol. The van der Waals surface area contributed by atoms with Gasteiger partial charge >= 0.3 is 0 Å². The molecule has 0 aliphatic rings. The number of nitriles is 1. The third kappa shape index (κ3) is 7.36. The molecule has 0 unspecified atom stereocenters. The highest BCUT2D eigenvalue weighted by atomic mass is 35.5. The van der Waals surface area contributed by atoms with E-state index in [1.165, 1.54) is 19.3 Å². The molecule has 0 saturated heterocycles. The highest BCUT2D eigenvalue weighted by Crippen LogP contribution is 2.37. The number of nitrogens with one attached hydrogen (secondary N) is 2. The Kier molecular flexibility index (Phi) is 8.88. The lowest BCUT2D eigenvalue weighted by molar-refractivity contribution is -0.118. The lowest BCUT2D eigenvalue weighted by Gasteiger charge is -2.13. The van der Waals surface area contributed by atoms with Gasteiger partial charge in [-0.15, -0.1) is 0 Å². The summed E-state index contributed by atoms with van der Waals surface area (Å²) in [5.74, 6) is -0.441. The van der Waals surface area contributed by atoms with Gasteiger partial charge in [0.05, 0.1) is 12.1 Å². The minimum absolute atomic E-state index is 0.0924. The van der Waals surface area contributed by atoms with Crippen LogP contribution in [0, 0.1) is 18.3 Å². The van der Waals surface area contributed by atoms with Gasteiger partial charge in [0.2, 0.25) is 0 Å². The van der Waals surface area contributed by atoms with Crippen LogP contribution in [0.25, 0.3) is 6.08 Å². The number of hydrogen-bond acceptors (Lipinski definition) is 5. The molecule has 2 amide bonds. The molecule has 35 heavy (non-hydrogen) atoms. The molecule has 0 spiro atoms. The first-order chi connectivity index (χ1) is 16.9. The molecule has 3 aromatic rings. The zero-order chi connectivity index (χ0) is 25.2. The number of amides is 2. The lowest BCUT2D eigenvalue weighted by Crippen LogP contribution is -2.23. The minimum atomic E-state index is -0.514. The molecule has 0 saturated carbocycles. The molecule has 0 aliphatic carbocycles. The van der Waals surface area contributed by atoms with Gasteiger partial charge in [-0.3, -0.25) is 9.59 Å². The normalized spacial score (nSPS) is 10.7. The van der Waals surface area contributed by atoms with Crippen molar-refractivity contribution in [2.75, 3.05) is 19.0 Å². The van der Waals surface area contributed by atoms with Gasteiger partial charge in [-0.2, -0.15) is 5.26 Å². The molecule has 0 aromatic heterocycles. The predicted octanol–water partition coefficient (Wildman–Crippen LogP) is 4.90. The second-order valence-corrected chi connectivity index (χ2v) is 7.98. The number of carbonyl (C=O) groups is 2. The Morgan fingerprint density at radius 1 is 1.09 bits per heavy atom. The van der Waals surface area contributed by atoms with Crippen molar-refractivity contribution >= 4 is 35.2 Å². The summed E-state index contributed by atoms with van der Waals surface area (Å²) in [6.45, 7) is 1.96. The van der Waals surface area contributed by atoms with Crippen LogP contribution in [0.5, 0.6) is 11.5 Å². The number of carbonyl (C=O) groups excluding carboxylic acids is 2. The highest BCUT2D eigenvalue weighted by Gasteiger charge is 2.15. The van der Waals surface area contributed by atoms with Crippen molar-refractivity contribution in [1.82, 2.24) is 5.32 Å². The van der Waals surface area contributed by atoms with Crippen LogP contribution in [-0.2, 0) is 16.1 Å². The van der Waals surface area contributed by atoms with E-state index in [0.717, 1.165) is 11.1 Å². The molecule has 2 N–H and O–H groups in total. The van der Waals surface area contributed by atoms with E-state index in [1.807, 2.05) is 55.5 Å². The molecule has 0 radical (unpaired) electrons. The van der Waals surface area contributed by atoms with Crippen LogP contribution in [0.2, 0.25) is 5.02 Å². The number of aryl methyl sites for hydroxylation is 1. The summed E-state index contributed by atoms with van der Waals surface area (Å²) in [6.07, 6.45) is 1.41. The second-order valence-electron chi connectivity index (χ2n) is 7.58. The first kappa shape index (κ1) is 25.3. The fourth-order valence-corrected chi connectivity index (χ4v) is 3.40. The summed E-state index contributed by atoms with van der Waals surface area (Å²) in [6, 6.07) is 21.7. The molecular formula is C27H24ClN3O4. The fourth-order valence-electron chi connectivity index (χ4n) is 3.12. The third-order valence-corrected chi connectivity index (χ3v) is 5.19. The quantitative estimate of drug-likeness (QED) is 0.329. The number of halogens is 1. The molecule has 3 rings (SSSR count). The van der Waals surface area contributed by atoms with Gasteiger partial charge in [-0.25, -0.2) is 0 Å². The van der Waals surface area contributed by atoms with Crippen LogP contribution in [0.3, 0.4) is 0 Å². The molecule has 0 heterocycles. The first-order valence-corrected chi connectivity index (χ1v) is 11.1. The van der Waals surface area contributed by atoms with E-state index >= 15 is 0 Å². The van der Waals surface area contributed by atoms with Gasteiger partial charge in [0.25, 0.3) is 11.8 Å². The SMILES string of the molecule is COc1cc(/C=C(\C#N)C(=O)NCc2ccccc2)cc(Cl)c1OCC(=O)Nc1ccc(C)cc1. The van der Waals surface area contributed by atoms with Crippen LogP contribution in [0.15, 0.2) is 72.3 Å². The van der Waals surface area contributed by atoms with Crippen molar-refractivity contribution in [3.8, 4) is 17.6 Å². The number of methoxy groups -OCH3 is 1. The van der Waals surface area contributed by atoms with Crippen LogP contribution in [0.4, 0.5) is 5.69 Å². The molecule has 8 heteroatoms. The van der Waals surface area contributed by atoms with Gasteiger partial charge in [0, 0.05) is 12.2 Å². The molecule has 7 nitrogen and oxygen atoms in total. The molecule has 0 atom stereocenters. The summed E-state index contributed by atoms with van der Waals surface area (Å²) in [5.41, 5.74) is 3.02. The number of ether oxygens (including phenoxy) is 2. The topological polar surface area (TPSA) is 100 Å². The Labute approximate surface area is 208 Å². The van der Waals surface area contributed by atoms with Crippen molar-refractivity contribution < 1.29 is 19.1 Å². The summed E-state index contributed by atoms with van der Waals surface area (Å²) in [4.78, 5) is 24.7. The van der Waals surface area contributed by atoms with Crippen molar-refractivity contribution in [2.24, 2.45) is 0 Å². The van der Waals surface area contributed by atoms with Crippen molar-refractivity contribution in [3.63, 3.8) is 0 Å². The van der Waals surface area contributed by atoms with E-state index in [9.17, 15) is 14.9 Å². The zero-order valence-corrected chi connectivity index (χ0v) is 20.1. The summed E-state index contributed by atoms with van der Waals surface area (Å²) in [7, 11) is 1.43. The van der Waals surface area contributed by atoms with Crippen LogP contribution >= 0.6 is 11.6 Å². The lowest BCUT2D eigenvalue weighted by atomic mass is 10.1. The summed E-state index contributed by atoms with van der Waals surface area (Å²) in [5, 5.41) is 15.1. The van der Waals surface area contributed by atoms with E-state index < -0.39 is 5.91 Å². The highest BCUT2D eigenvalue weighted by molar-refractivity contribution is 6.32. The second kappa shape index (κ2) is 12.3. The standard InChI is InChI=1S/C27H24ClN3O4/c1-18-8-10-22(11-9-18)31-25(32)17-35-26-23(28)13-20(14-24(26)34-2)12-21(15-29)27(33)30-16-19-6-4-3-5-7-19/h3-14H,16-17H2,1-2H3,(H,30,33)(H,31,32)/b21-12+. The van der Waals surface area contributed by atoms with Gasteiger partial charge in [0.15, 0.2) is 18.1 Å². The minimum Gasteiger partial charge on any atom is -0.493 e. The van der Waals surface area contributed by atoms with E-state index in [4.69, 9.17) is 21.1 Å². The Morgan fingerprint density at radius 3 is 2.46 bits per heavy atom. The fraction of sp³-hybridized carbons (Fsp3) is 0.148. The van der Waals surface area contributed by atoms with Gasteiger partial charge < -0.3 is 20.1 Å². The monoisotopic (exact) mass is 489 g/mol. The molecule has 0 aliphatic heterocycles. The average molecular weight is 490 g/mol. The van der Waals surface area contributed by atoms with E-state index in [-0.39, 0.29) is 34.6 Å². The summed E-state index contributed by atoms with van der Waals surface area (Å²) < 4.78 is 11.0. The number of anilines is 1. The van der Waals surface area contributed by atoms with Crippen LogP contribution in [0.1, 0.15) is 16.7 Å². The zero-order valence-electron chi connectivity index (χ0n) is 19.3. The predicted molar refractivity (Wildman–Crippen MR) is 135 cm³/mol. The van der Waals surface area contributed by atoms with E-state index in [1.54, 1.807) is 18.2 Å². The molecule has 178 valence electrons. The maximum atomic E-state index is 12.5. The Hall–Kier alpha value is -4.28. The smallest absolute Gasteiger partial charge is 0.262 e. The molecule has 0 fully saturated rings. The maximum Gasteiger partial charge on any atom is 0.262 e. The third-order valence-electron chi connectivity index (χ3n) is 4.91. The summed E-state index contributed by atoms with van der Waals surface area (Å²) >= 11 is 6.37. The first-order valence-electron chi connectivity index (χ1n) is 10.7. The van der Waals surface area contributed by atoms with Crippen LogP contribution in [-0.4, -0.2) is 25.5 Å². The number of nitrogens with zero attached hydrogens (tertiary/aromatic N) is 1. The van der Waals surface area contributed by atoms with Gasteiger partial charge in [-0.1, -0.05) is 59.6 Å². The Balaban J connectivity index is 1.68. The van der Waals surface area contributed by atoms with Crippen LogP contribution < -0.4 is 20.1 Å². The number of rotatable bonds is 9. The van der Waals surface area contributed by atoms with Crippen molar-refractivity contribution in [1.29, 1.82) is 5.26 Å². The molecule has 0 bridgehead atoms.